The Kier molecular flexibility index (Phi) is 7.12. The molecule has 104 valence electrons. The van der Waals surface area contributed by atoms with Crippen molar-refractivity contribution < 1.29 is 9.53 Å². The highest BCUT2D eigenvalue weighted by atomic mass is 16.5. The number of hydrogen-bond acceptors (Lipinski definition) is 4. The molecule has 0 unspecified atom stereocenters. The molecule has 5 heteroatoms. The number of carbonyl (C=O) groups excluding carboxylic acids is 1. The van der Waals surface area contributed by atoms with E-state index in [1.165, 1.54) is 6.92 Å². The van der Waals surface area contributed by atoms with Gasteiger partial charge in [-0.25, -0.2) is 0 Å². The summed E-state index contributed by atoms with van der Waals surface area (Å²) in [5.74, 6) is -0.0216. The molecule has 0 aromatic heterocycles. The first-order chi connectivity index (χ1) is 9.24. The number of nitrogens with one attached hydrogen (secondary N) is 3. The molecule has 0 atom stereocenters. The van der Waals surface area contributed by atoms with Gasteiger partial charge in [-0.15, -0.1) is 0 Å². The number of benzene rings is 1. The second-order valence-corrected chi connectivity index (χ2v) is 3.94. The first kappa shape index (κ1) is 15.0. The first-order valence-corrected chi connectivity index (χ1v) is 6.19. The zero-order valence-electron chi connectivity index (χ0n) is 11.4. The highest BCUT2D eigenvalue weighted by molar-refractivity contribution is 5.73. The summed E-state index contributed by atoms with van der Waals surface area (Å²) in [5, 5.41) is 9.16. The molecule has 1 aromatic carbocycles. The van der Waals surface area contributed by atoms with E-state index in [1.807, 2.05) is 36.4 Å². The number of rotatable bonds is 8. The Morgan fingerprint density at radius 2 is 1.79 bits per heavy atom. The molecule has 1 aromatic rings. The highest BCUT2D eigenvalue weighted by Gasteiger charge is 1.98. The van der Waals surface area contributed by atoms with Crippen LogP contribution in [-0.4, -0.2) is 32.8 Å². The quantitative estimate of drug-likeness (QED) is 0.494. The van der Waals surface area contributed by atoms with Crippen molar-refractivity contribution in [3.8, 4) is 0 Å². The van der Waals surface area contributed by atoms with E-state index < -0.39 is 0 Å². The Morgan fingerprint density at radius 3 is 2.42 bits per heavy atom. The van der Waals surface area contributed by atoms with Crippen molar-refractivity contribution in [2.45, 2.75) is 6.92 Å². The summed E-state index contributed by atoms with van der Waals surface area (Å²) in [4.78, 5) is 10.7. The van der Waals surface area contributed by atoms with Gasteiger partial charge in [0.2, 0.25) is 5.91 Å². The van der Waals surface area contributed by atoms with Crippen molar-refractivity contribution in [1.82, 2.24) is 5.32 Å². The Morgan fingerprint density at radius 1 is 1.16 bits per heavy atom. The summed E-state index contributed by atoms with van der Waals surface area (Å²) >= 11 is 0. The van der Waals surface area contributed by atoms with Crippen LogP contribution in [0.5, 0.6) is 0 Å². The second kappa shape index (κ2) is 8.99. The summed E-state index contributed by atoms with van der Waals surface area (Å²) in [6.45, 7) is 3.23. The van der Waals surface area contributed by atoms with Crippen molar-refractivity contribution in [1.29, 1.82) is 0 Å². The van der Waals surface area contributed by atoms with E-state index in [9.17, 15) is 4.79 Å². The minimum absolute atomic E-state index is 0.0216. The van der Waals surface area contributed by atoms with Crippen LogP contribution in [0.2, 0.25) is 0 Å². The summed E-state index contributed by atoms with van der Waals surface area (Å²) in [7, 11) is 1.65. The predicted molar refractivity (Wildman–Crippen MR) is 78.3 cm³/mol. The first-order valence-electron chi connectivity index (χ1n) is 6.19. The second-order valence-electron chi connectivity index (χ2n) is 3.94. The SMILES string of the molecule is COCNc1ccccc1NC/C=C/CNC(C)=O. The van der Waals surface area contributed by atoms with Crippen LogP contribution in [0, 0.1) is 0 Å². The maximum atomic E-state index is 10.7. The zero-order valence-corrected chi connectivity index (χ0v) is 11.4. The van der Waals surface area contributed by atoms with E-state index in [4.69, 9.17) is 4.74 Å². The van der Waals surface area contributed by atoms with Gasteiger partial charge in [-0.05, 0) is 12.1 Å². The van der Waals surface area contributed by atoms with E-state index in [1.54, 1.807) is 7.11 Å². The van der Waals surface area contributed by atoms with Gasteiger partial charge in [0.1, 0.15) is 6.73 Å². The fourth-order valence-electron chi connectivity index (χ4n) is 1.48. The average Bonchev–Trinajstić information content (AvgIpc) is 2.41. The molecule has 1 rings (SSSR count). The van der Waals surface area contributed by atoms with Crippen LogP contribution in [0.3, 0.4) is 0 Å². The van der Waals surface area contributed by atoms with E-state index in [-0.39, 0.29) is 5.91 Å². The summed E-state index contributed by atoms with van der Waals surface area (Å²) in [6, 6.07) is 7.93. The molecule has 0 saturated carbocycles. The maximum Gasteiger partial charge on any atom is 0.217 e. The summed E-state index contributed by atoms with van der Waals surface area (Å²) < 4.78 is 4.99. The van der Waals surface area contributed by atoms with Crippen LogP contribution >= 0.6 is 0 Å². The number of amides is 1. The predicted octanol–water partition coefficient (Wildman–Crippen LogP) is 1.81. The van der Waals surface area contributed by atoms with Crippen molar-refractivity contribution in [2.24, 2.45) is 0 Å². The minimum Gasteiger partial charge on any atom is -0.380 e. The van der Waals surface area contributed by atoms with Gasteiger partial charge in [0.25, 0.3) is 0 Å². The Labute approximate surface area is 114 Å². The van der Waals surface area contributed by atoms with Crippen molar-refractivity contribution >= 4 is 17.3 Å². The monoisotopic (exact) mass is 263 g/mol. The number of para-hydroxylation sites is 2. The van der Waals surface area contributed by atoms with Crippen LogP contribution in [-0.2, 0) is 9.53 Å². The van der Waals surface area contributed by atoms with Gasteiger partial charge in [-0.1, -0.05) is 24.3 Å². The molecular formula is C14H21N3O2. The molecular weight excluding hydrogens is 242 g/mol. The lowest BCUT2D eigenvalue weighted by molar-refractivity contribution is -0.118. The molecule has 0 bridgehead atoms. The molecule has 5 nitrogen and oxygen atoms in total. The van der Waals surface area contributed by atoms with Gasteiger partial charge in [0, 0.05) is 27.1 Å². The number of carbonyl (C=O) groups is 1. The van der Waals surface area contributed by atoms with Crippen LogP contribution in [0.1, 0.15) is 6.92 Å². The molecule has 0 heterocycles. The smallest absolute Gasteiger partial charge is 0.217 e. The van der Waals surface area contributed by atoms with E-state index >= 15 is 0 Å². The fraction of sp³-hybridized carbons (Fsp3) is 0.357. The van der Waals surface area contributed by atoms with Crippen LogP contribution < -0.4 is 16.0 Å². The lowest BCUT2D eigenvalue weighted by Gasteiger charge is -2.12. The molecule has 3 N–H and O–H groups in total. The molecule has 0 radical (unpaired) electrons. The van der Waals surface area contributed by atoms with Gasteiger partial charge in [-0.3, -0.25) is 4.79 Å². The lowest BCUT2D eigenvalue weighted by Crippen LogP contribution is -2.19. The number of ether oxygens (including phenoxy) is 1. The van der Waals surface area contributed by atoms with Crippen molar-refractivity contribution in [3.63, 3.8) is 0 Å². The third-order valence-corrected chi connectivity index (χ3v) is 2.38. The topological polar surface area (TPSA) is 62.4 Å². The van der Waals surface area contributed by atoms with Gasteiger partial charge in [0.05, 0.1) is 11.4 Å². The van der Waals surface area contributed by atoms with E-state index in [2.05, 4.69) is 16.0 Å². The Hall–Kier alpha value is -2.01. The third kappa shape index (κ3) is 6.47. The average molecular weight is 263 g/mol. The molecule has 0 aliphatic carbocycles. The molecule has 0 saturated heterocycles. The molecule has 0 spiro atoms. The van der Waals surface area contributed by atoms with E-state index in [0.717, 1.165) is 11.4 Å². The largest absolute Gasteiger partial charge is 0.380 e. The molecule has 0 fully saturated rings. The van der Waals surface area contributed by atoms with Gasteiger partial charge in [0.15, 0.2) is 0 Å². The van der Waals surface area contributed by atoms with Crippen LogP contribution in [0.15, 0.2) is 36.4 Å². The Balaban J connectivity index is 2.37. The number of hydrogen-bond donors (Lipinski definition) is 3. The van der Waals surface area contributed by atoms with Gasteiger partial charge >= 0.3 is 0 Å². The summed E-state index contributed by atoms with van der Waals surface area (Å²) in [6.07, 6.45) is 3.89. The van der Waals surface area contributed by atoms with Crippen LogP contribution in [0.4, 0.5) is 11.4 Å². The third-order valence-electron chi connectivity index (χ3n) is 2.38. The van der Waals surface area contributed by atoms with Crippen LogP contribution in [0.25, 0.3) is 0 Å². The molecule has 1 amide bonds. The maximum absolute atomic E-state index is 10.7. The Bertz CT molecular complexity index is 419. The van der Waals surface area contributed by atoms with Gasteiger partial charge < -0.3 is 20.7 Å². The fourth-order valence-corrected chi connectivity index (χ4v) is 1.48. The lowest BCUT2D eigenvalue weighted by atomic mass is 10.2. The standard InChI is InChI=1S/C14H21N3O2/c1-12(18)15-9-5-6-10-16-13-7-3-4-8-14(13)17-11-19-2/h3-8,16-17H,9-11H2,1-2H3,(H,15,18)/b6-5+. The molecule has 19 heavy (non-hydrogen) atoms. The highest BCUT2D eigenvalue weighted by Crippen LogP contribution is 2.20. The zero-order chi connectivity index (χ0) is 13.9. The van der Waals surface area contributed by atoms with Crippen molar-refractivity contribution in [3.05, 3.63) is 36.4 Å². The summed E-state index contributed by atoms with van der Waals surface area (Å²) in [5.41, 5.74) is 2.02. The molecule has 0 aliphatic rings. The molecule has 0 aliphatic heterocycles. The normalized spacial score (nSPS) is 10.4. The van der Waals surface area contributed by atoms with Crippen molar-refractivity contribution in [2.75, 3.05) is 37.6 Å². The minimum atomic E-state index is -0.0216. The van der Waals surface area contributed by atoms with E-state index in [0.29, 0.717) is 19.8 Å². The number of anilines is 2. The van der Waals surface area contributed by atoms with Gasteiger partial charge in [-0.2, -0.15) is 0 Å². The number of methoxy groups -OCH3 is 1.